The molecule has 0 fully saturated rings. The van der Waals surface area contributed by atoms with Gasteiger partial charge in [-0.3, -0.25) is 0 Å². The minimum absolute atomic E-state index is 0.109. The minimum atomic E-state index is -3.72. The lowest BCUT2D eigenvalue weighted by Gasteiger charge is -2.12. The van der Waals surface area contributed by atoms with Gasteiger partial charge in [0.2, 0.25) is 10.0 Å². The van der Waals surface area contributed by atoms with Gasteiger partial charge in [0.25, 0.3) is 0 Å². The molecular weight excluding hydrogens is 282 g/mol. The molecule has 6 nitrogen and oxygen atoms in total. The van der Waals surface area contributed by atoms with Gasteiger partial charge in [0.15, 0.2) is 6.10 Å². The van der Waals surface area contributed by atoms with Gasteiger partial charge in [-0.25, -0.2) is 17.9 Å². The molecule has 1 rings (SSSR count). The maximum atomic E-state index is 12.0. The van der Waals surface area contributed by atoms with Crippen molar-refractivity contribution >= 4 is 16.0 Å². The summed E-state index contributed by atoms with van der Waals surface area (Å²) in [7, 11) is -2.51. The first-order valence-corrected chi connectivity index (χ1v) is 7.73. The molecule has 0 aliphatic rings. The minimum Gasteiger partial charge on any atom is -0.479 e. The molecule has 2 N–H and O–H groups in total. The third kappa shape index (κ3) is 4.59. The molecule has 0 spiro atoms. The normalized spacial score (nSPS) is 13.1. The molecule has 0 aliphatic carbocycles. The number of carboxylic acids is 1. The van der Waals surface area contributed by atoms with E-state index in [0.717, 1.165) is 18.4 Å². The van der Waals surface area contributed by atoms with Crippen molar-refractivity contribution in [3.63, 3.8) is 0 Å². The van der Waals surface area contributed by atoms with Gasteiger partial charge < -0.3 is 9.84 Å². The van der Waals surface area contributed by atoms with Crippen molar-refractivity contribution in [2.75, 3.05) is 13.7 Å². The molecule has 112 valence electrons. The number of nitrogens with one attached hydrogen (secondary N) is 1. The van der Waals surface area contributed by atoms with E-state index in [4.69, 9.17) is 5.11 Å². The first kappa shape index (κ1) is 16.6. The van der Waals surface area contributed by atoms with E-state index in [1.165, 1.54) is 19.2 Å². The highest BCUT2D eigenvalue weighted by molar-refractivity contribution is 7.89. The third-order valence-corrected chi connectivity index (χ3v) is 4.23. The van der Waals surface area contributed by atoms with Crippen LogP contribution in [0.5, 0.6) is 0 Å². The van der Waals surface area contributed by atoms with Crippen LogP contribution in [0.3, 0.4) is 0 Å². The number of methoxy groups -OCH3 is 1. The molecule has 0 heterocycles. The van der Waals surface area contributed by atoms with Gasteiger partial charge in [-0.05, 0) is 24.1 Å². The molecule has 1 aromatic carbocycles. The number of hydrogen-bond donors (Lipinski definition) is 2. The summed E-state index contributed by atoms with van der Waals surface area (Å²) in [5, 5.41) is 8.78. The summed E-state index contributed by atoms with van der Waals surface area (Å²) in [6, 6.07) is 6.53. The van der Waals surface area contributed by atoms with E-state index in [1.807, 2.05) is 6.92 Å². The summed E-state index contributed by atoms with van der Waals surface area (Å²) < 4.78 is 30.9. The first-order valence-electron chi connectivity index (χ1n) is 6.25. The largest absolute Gasteiger partial charge is 0.479 e. The van der Waals surface area contributed by atoms with Crippen LogP contribution in [0, 0.1) is 0 Å². The lowest BCUT2D eigenvalue weighted by molar-refractivity contribution is -0.147. The standard InChI is InChI=1S/C13H19NO5S/c1-3-4-10-5-7-11(8-6-10)20(17,18)14-9-12(19-2)13(15)16/h5-8,12,14H,3-4,9H2,1-2H3,(H,15,16). The zero-order valence-corrected chi connectivity index (χ0v) is 12.3. The quantitative estimate of drug-likeness (QED) is 0.747. The highest BCUT2D eigenvalue weighted by Gasteiger charge is 2.21. The summed E-state index contributed by atoms with van der Waals surface area (Å²) >= 11 is 0. The van der Waals surface area contributed by atoms with E-state index >= 15 is 0 Å². The van der Waals surface area contributed by atoms with Crippen molar-refractivity contribution in [2.45, 2.75) is 30.8 Å². The Morgan fingerprint density at radius 3 is 2.40 bits per heavy atom. The molecule has 0 saturated carbocycles. The Bertz CT molecular complexity index is 538. The number of aryl methyl sites for hydroxylation is 1. The van der Waals surface area contributed by atoms with E-state index in [9.17, 15) is 13.2 Å². The summed E-state index contributed by atoms with van der Waals surface area (Å²) in [4.78, 5) is 10.8. The van der Waals surface area contributed by atoms with Gasteiger partial charge in [0, 0.05) is 13.7 Å². The Kier molecular flexibility index (Phi) is 6.12. The monoisotopic (exact) mass is 301 g/mol. The van der Waals surface area contributed by atoms with Crippen molar-refractivity contribution in [3.05, 3.63) is 29.8 Å². The highest BCUT2D eigenvalue weighted by atomic mass is 32.2. The zero-order chi connectivity index (χ0) is 15.2. The molecule has 0 amide bonds. The molecule has 20 heavy (non-hydrogen) atoms. The molecular formula is C13H19NO5S. The fourth-order valence-corrected chi connectivity index (χ4v) is 2.70. The summed E-state index contributed by atoms with van der Waals surface area (Å²) in [6.45, 7) is 1.73. The van der Waals surface area contributed by atoms with Crippen LogP contribution in [0.4, 0.5) is 0 Å². The number of ether oxygens (including phenoxy) is 1. The van der Waals surface area contributed by atoms with Crippen molar-refractivity contribution < 1.29 is 23.1 Å². The second-order valence-corrected chi connectivity index (χ2v) is 6.08. The number of carboxylic acid groups (broad SMARTS) is 1. The van der Waals surface area contributed by atoms with Gasteiger partial charge >= 0.3 is 5.97 Å². The van der Waals surface area contributed by atoms with Gasteiger partial charge in [-0.1, -0.05) is 25.5 Å². The predicted octanol–water partition coefficient (Wildman–Crippen LogP) is 1.02. The lowest BCUT2D eigenvalue weighted by atomic mass is 10.1. The van der Waals surface area contributed by atoms with Crippen molar-refractivity contribution in [1.82, 2.24) is 4.72 Å². The number of hydrogen-bond acceptors (Lipinski definition) is 4. The molecule has 1 unspecified atom stereocenters. The van der Waals surface area contributed by atoms with Crippen LogP contribution >= 0.6 is 0 Å². The molecule has 0 saturated heterocycles. The number of benzene rings is 1. The Morgan fingerprint density at radius 1 is 1.35 bits per heavy atom. The molecule has 1 atom stereocenters. The van der Waals surface area contributed by atoms with Gasteiger partial charge in [0.05, 0.1) is 4.90 Å². The van der Waals surface area contributed by atoms with E-state index in [1.54, 1.807) is 12.1 Å². The van der Waals surface area contributed by atoms with Crippen LogP contribution in [-0.2, 0) is 26.0 Å². The van der Waals surface area contributed by atoms with E-state index < -0.39 is 22.1 Å². The molecule has 1 aromatic rings. The summed E-state index contributed by atoms with van der Waals surface area (Å²) in [5.74, 6) is -1.21. The van der Waals surface area contributed by atoms with Crippen LogP contribution < -0.4 is 4.72 Å². The van der Waals surface area contributed by atoms with Crippen LogP contribution in [-0.4, -0.2) is 39.3 Å². The second kappa shape index (κ2) is 7.37. The predicted molar refractivity (Wildman–Crippen MR) is 74.1 cm³/mol. The molecule has 0 radical (unpaired) electrons. The maximum Gasteiger partial charge on any atom is 0.334 e. The Morgan fingerprint density at radius 2 is 1.95 bits per heavy atom. The molecule has 0 aromatic heterocycles. The smallest absolute Gasteiger partial charge is 0.334 e. The maximum absolute atomic E-state index is 12.0. The van der Waals surface area contributed by atoms with Crippen molar-refractivity contribution in [1.29, 1.82) is 0 Å². The van der Waals surface area contributed by atoms with Gasteiger partial charge in [-0.2, -0.15) is 0 Å². The summed E-state index contributed by atoms with van der Waals surface area (Å²) in [5.41, 5.74) is 1.06. The molecule has 0 bridgehead atoms. The van der Waals surface area contributed by atoms with Crippen LogP contribution in [0.2, 0.25) is 0 Å². The molecule has 0 aliphatic heterocycles. The number of rotatable bonds is 8. The number of carbonyl (C=O) groups is 1. The Balaban J connectivity index is 2.75. The fourth-order valence-electron chi connectivity index (χ4n) is 1.66. The van der Waals surface area contributed by atoms with E-state index in [-0.39, 0.29) is 11.4 Å². The first-order chi connectivity index (χ1) is 9.40. The average Bonchev–Trinajstić information content (AvgIpc) is 2.40. The zero-order valence-electron chi connectivity index (χ0n) is 11.5. The number of aliphatic carboxylic acids is 1. The van der Waals surface area contributed by atoms with Crippen LogP contribution in [0.15, 0.2) is 29.2 Å². The van der Waals surface area contributed by atoms with Crippen molar-refractivity contribution in [3.8, 4) is 0 Å². The second-order valence-electron chi connectivity index (χ2n) is 4.31. The fraction of sp³-hybridized carbons (Fsp3) is 0.462. The van der Waals surface area contributed by atoms with Gasteiger partial charge in [0.1, 0.15) is 0 Å². The SMILES string of the molecule is CCCc1ccc(S(=O)(=O)NCC(OC)C(=O)O)cc1. The van der Waals surface area contributed by atoms with E-state index in [0.29, 0.717) is 0 Å². The molecule has 7 heteroatoms. The Labute approximate surface area is 118 Å². The number of sulfonamides is 1. The van der Waals surface area contributed by atoms with Crippen LogP contribution in [0.1, 0.15) is 18.9 Å². The highest BCUT2D eigenvalue weighted by Crippen LogP contribution is 2.11. The van der Waals surface area contributed by atoms with Crippen molar-refractivity contribution in [2.24, 2.45) is 0 Å². The van der Waals surface area contributed by atoms with E-state index in [2.05, 4.69) is 9.46 Å². The Hall–Kier alpha value is -1.44. The average molecular weight is 301 g/mol. The topological polar surface area (TPSA) is 92.7 Å². The summed E-state index contributed by atoms with van der Waals surface area (Å²) in [6.07, 6.45) is 0.668. The van der Waals surface area contributed by atoms with Gasteiger partial charge in [-0.15, -0.1) is 0 Å². The third-order valence-electron chi connectivity index (χ3n) is 2.79. The lowest BCUT2D eigenvalue weighted by Crippen LogP contribution is -2.37. The van der Waals surface area contributed by atoms with Crippen LogP contribution in [0.25, 0.3) is 0 Å².